The third-order valence-corrected chi connectivity index (χ3v) is 2.69. The van der Waals surface area contributed by atoms with Gasteiger partial charge in [-0.3, -0.25) is 0 Å². The van der Waals surface area contributed by atoms with Gasteiger partial charge in [0.05, 0.1) is 11.1 Å². The topological polar surface area (TPSA) is 104 Å². The number of nitrogen functional groups attached to an aromatic ring is 4. The smallest absolute Gasteiger partial charge is 0.399 e. The summed E-state index contributed by atoms with van der Waals surface area (Å²) in [6.07, 6.45) is -8.82. The van der Waals surface area contributed by atoms with E-state index in [1.807, 2.05) is 0 Å². The zero-order valence-electron chi connectivity index (χ0n) is 12.0. The van der Waals surface area contributed by atoms with E-state index in [-0.39, 0.29) is 22.7 Å². The van der Waals surface area contributed by atoms with Crippen LogP contribution in [0.1, 0.15) is 11.1 Å². The van der Waals surface area contributed by atoms with E-state index in [0.29, 0.717) is 0 Å². The van der Waals surface area contributed by atoms with E-state index in [2.05, 4.69) is 0 Å². The molecule has 0 atom stereocenters. The lowest BCUT2D eigenvalue weighted by atomic mass is 10.1. The van der Waals surface area contributed by atoms with Gasteiger partial charge in [0, 0.05) is 22.7 Å². The minimum atomic E-state index is -4.43. The van der Waals surface area contributed by atoms with Gasteiger partial charge in [-0.15, -0.1) is 0 Å². The first-order valence-corrected chi connectivity index (χ1v) is 6.26. The minimum absolute atomic E-state index is 0.0160. The van der Waals surface area contributed by atoms with Crippen molar-refractivity contribution in [2.45, 2.75) is 12.4 Å². The zero-order valence-corrected chi connectivity index (χ0v) is 12.0. The largest absolute Gasteiger partial charge is 0.418 e. The molecule has 10 heteroatoms. The van der Waals surface area contributed by atoms with Crippen molar-refractivity contribution in [2.24, 2.45) is 0 Å². The van der Waals surface area contributed by atoms with Gasteiger partial charge in [-0.05, 0) is 36.4 Å². The Morgan fingerprint density at radius 2 is 1.08 bits per heavy atom. The predicted octanol–water partition coefficient (Wildman–Crippen LogP) is 3.74. The molecule has 0 spiro atoms. The molecule has 0 saturated heterocycles. The van der Waals surface area contributed by atoms with Crippen LogP contribution in [-0.4, -0.2) is 0 Å². The molecule has 4 nitrogen and oxygen atoms in total. The number of nitrogens with two attached hydrogens (primary N) is 4. The van der Waals surface area contributed by atoms with Crippen molar-refractivity contribution >= 4 is 22.7 Å². The summed E-state index contributed by atoms with van der Waals surface area (Å²) in [5.41, 5.74) is 18.7. The van der Waals surface area contributed by atoms with Gasteiger partial charge in [0.2, 0.25) is 0 Å². The highest BCUT2D eigenvalue weighted by atomic mass is 19.4. The van der Waals surface area contributed by atoms with Crippen molar-refractivity contribution in [3.63, 3.8) is 0 Å². The molecule has 0 aliphatic carbocycles. The van der Waals surface area contributed by atoms with Gasteiger partial charge >= 0.3 is 12.4 Å². The fraction of sp³-hybridized carbons (Fsp3) is 0.143. The Labute approximate surface area is 133 Å². The molecule has 8 N–H and O–H groups in total. The van der Waals surface area contributed by atoms with Crippen LogP contribution in [0.2, 0.25) is 0 Å². The summed E-state index contributed by atoms with van der Waals surface area (Å²) in [6, 6.07) is 6.24. The van der Waals surface area contributed by atoms with E-state index in [1.165, 1.54) is 12.1 Å². The second kappa shape index (κ2) is 6.77. The number of alkyl halides is 6. The number of hydrogen-bond donors (Lipinski definition) is 4. The Balaban J connectivity index is 0.000000240. The summed E-state index contributed by atoms with van der Waals surface area (Å²) >= 11 is 0. The summed E-state index contributed by atoms with van der Waals surface area (Å²) < 4.78 is 72.4. The summed E-state index contributed by atoms with van der Waals surface area (Å²) in [6.45, 7) is 0. The van der Waals surface area contributed by atoms with E-state index >= 15 is 0 Å². The molecule has 0 aliphatic heterocycles. The standard InChI is InChI=1S/2C7H7F3N2/c8-7(9,10)4-1-5(11)3-6(12)2-4;8-7(9,10)5-3-4(11)1-2-6(5)12/h2*1-3H,11-12H2. The van der Waals surface area contributed by atoms with E-state index in [4.69, 9.17) is 22.9 Å². The first kappa shape index (κ1) is 19.3. The number of hydrogen-bond acceptors (Lipinski definition) is 4. The zero-order chi connectivity index (χ0) is 18.7. The third kappa shape index (κ3) is 5.45. The van der Waals surface area contributed by atoms with Crippen molar-refractivity contribution in [3.8, 4) is 0 Å². The highest BCUT2D eigenvalue weighted by Crippen LogP contribution is 2.34. The summed E-state index contributed by atoms with van der Waals surface area (Å²) in [5, 5.41) is 0. The number of halogens is 6. The Hall–Kier alpha value is -2.78. The van der Waals surface area contributed by atoms with Gasteiger partial charge in [-0.1, -0.05) is 0 Å². The molecule has 0 saturated carbocycles. The van der Waals surface area contributed by atoms with Crippen molar-refractivity contribution in [2.75, 3.05) is 22.9 Å². The summed E-state index contributed by atoms with van der Waals surface area (Å²) in [4.78, 5) is 0. The average Bonchev–Trinajstić information content (AvgIpc) is 2.39. The summed E-state index contributed by atoms with van der Waals surface area (Å²) in [7, 11) is 0. The fourth-order valence-electron chi connectivity index (χ4n) is 1.66. The van der Waals surface area contributed by atoms with Crippen LogP contribution in [0.4, 0.5) is 49.1 Å². The van der Waals surface area contributed by atoms with E-state index in [9.17, 15) is 26.3 Å². The van der Waals surface area contributed by atoms with E-state index in [0.717, 1.165) is 24.3 Å². The maximum atomic E-state index is 12.1. The molecule has 0 fully saturated rings. The average molecular weight is 352 g/mol. The van der Waals surface area contributed by atoms with Crippen molar-refractivity contribution < 1.29 is 26.3 Å². The lowest BCUT2D eigenvalue weighted by molar-refractivity contribution is -0.138. The Morgan fingerprint density at radius 3 is 1.46 bits per heavy atom. The maximum absolute atomic E-state index is 12.1. The molecule has 2 aromatic carbocycles. The van der Waals surface area contributed by atoms with Gasteiger partial charge in [0.15, 0.2) is 0 Å². The van der Waals surface area contributed by atoms with Gasteiger partial charge in [0.25, 0.3) is 0 Å². The molecular formula is C14H14F6N4. The highest BCUT2D eigenvalue weighted by Gasteiger charge is 2.33. The first-order chi connectivity index (χ1) is 10.8. The Kier molecular flexibility index (Phi) is 5.43. The van der Waals surface area contributed by atoms with Crippen LogP contribution >= 0.6 is 0 Å². The van der Waals surface area contributed by atoms with Crippen molar-refractivity contribution in [3.05, 3.63) is 47.5 Å². The molecule has 2 aromatic rings. The molecule has 0 radical (unpaired) electrons. The normalized spacial score (nSPS) is 11.6. The van der Waals surface area contributed by atoms with Crippen LogP contribution in [0.15, 0.2) is 36.4 Å². The van der Waals surface area contributed by atoms with Crippen LogP contribution in [0.25, 0.3) is 0 Å². The van der Waals surface area contributed by atoms with Crippen LogP contribution in [0.3, 0.4) is 0 Å². The van der Waals surface area contributed by atoms with Crippen molar-refractivity contribution in [1.29, 1.82) is 0 Å². The monoisotopic (exact) mass is 352 g/mol. The number of benzene rings is 2. The van der Waals surface area contributed by atoms with Crippen LogP contribution in [0.5, 0.6) is 0 Å². The second-order valence-corrected chi connectivity index (χ2v) is 4.73. The van der Waals surface area contributed by atoms with Gasteiger partial charge in [-0.25, -0.2) is 0 Å². The minimum Gasteiger partial charge on any atom is -0.399 e. The summed E-state index contributed by atoms with van der Waals surface area (Å²) in [5.74, 6) is 0. The van der Waals surface area contributed by atoms with Crippen molar-refractivity contribution in [1.82, 2.24) is 0 Å². The molecule has 0 aromatic heterocycles. The van der Waals surface area contributed by atoms with Gasteiger partial charge in [0.1, 0.15) is 0 Å². The SMILES string of the molecule is Nc1cc(N)cc(C(F)(F)F)c1.Nc1ccc(N)c(C(F)(F)F)c1. The molecule has 2 rings (SSSR count). The molecule has 0 aliphatic rings. The Bertz CT molecular complexity index is 689. The second-order valence-electron chi connectivity index (χ2n) is 4.73. The third-order valence-electron chi connectivity index (χ3n) is 2.69. The molecule has 0 bridgehead atoms. The molecule has 132 valence electrons. The fourth-order valence-corrected chi connectivity index (χ4v) is 1.66. The molecule has 0 unspecified atom stereocenters. The quantitative estimate of drug-likeness (QED) is 0.428. The lowest BCUT2D eigenvalue weighted by Gasteiger charge is -2.09. The highest BCUT2D eigenvalue weighted by molar-refractivity contribution is 5.56. The molecule has 0 amide bonds. The van der Waals surface area contributed by atoms with Crippen LogP contribution < -0.4 is 22.9 Å². The maximum Gasteiger partial charge on any atom is 0.418 e. The van der Waals surface area contributed by atoms with Crippen LogP contribution in [-0.2, 0) is 12.4 Å². The number of anilines is 4. The molecular weight excluding hydrogens is 338 g/mol. The van der Waals surface area contributed by atoms with Gasteiger partial charge in [-0.2, -0.15) is 26.3 Å². The van der Waals surface area contributed by atoms with Crippen LogP contribution in [0, 0.1) is 0 Å². The van der Waals surface area contributed by atoms with Gasteiger partial charge < -0.3 is 22.9 Å². The first-order valence-electron chi connectivity index (χ1n) is 6.26. The molecule has 0 heterocycles. The van der Waals surface area contributed by atoms with E-state index in [1.54, 1.807) is 0 Å². The lowest BCUT2D eigenvalue weighted by Crippen LogP contribution is -2.09. The predicted molar refractivity (Wildman–Crippen MR) is 80.5 cm³/mol. The molecule has 24 heavy (non-hydrogen) atoms. The van der Waals surface area contributed by atoms with E-state index < -0.39 is 23.5 Å². The Morgan fingerprint density at radius 1 is 0.583 bits per heavy atom. The number of rotatable bonds is 0.